The fourth-order valence-corrected chi connectivity index (χ4v) is 3.67. The highest BCUT2D eigenvalue weighted by Crippen LogP contribution is 2.40. The second kappa shape index (κ2) is 6.12. The van der Waals surface area contributed by atoms with Crippen molar-refractivity contribution < 1.29 is 10.0 Å². The zero-order valence-electron chi connectivity index (χ0n) is 13.7. The summed E-state index contributed by atoms with van der Waals surface area (Å²) in [4.78, 5) is 13.3. The number of hydrogen-bond acceptors (Lipinski definition) is 5. The van der Waals surface area contributed by atoms with Crippen LogP contribution in [0.2, 0.25) is 0 Å². The quantitative estimate of drug-likeness (QED) is 0.661. The molecule has 2 aromatic rings. The average molecular weight is 337 g/mol. The van der Waals surface area contributed by atoms with E-state index in [0.29, 0.717) is 6.54 Å². The number of rotatable bonds is 3. The minimum absolute atomic E-state index is 0.184. The van der Waals surface area contributed by atoms with Crippen LogP contribution in [-0.2, 0) is 6.42 Å². The molecule has 0 amide bonds. The first-order valence-corrected chi connectivity index (χ1v) is 8.41. The second-order valence-electron chi connectivity index (χ2n) is 6.37. The number of phenolic OH excluding ortho intramolecular Hbond substituents is 1. The van der Waals surface area contributed by atoms with E-state index in [1.807, 2.05) is 18.2 Å². The van der Waals surface area contributed by atoms with Gasteiger partial charge in [-0.3, -0.25) is 10.1 Å². The third-order valence-corrected chi connectivity index (χ3v) is 4.91. The van der Waals surface area contributed by atoms with Gasteiger partial charge in [0.15, 0.2) is 0 Å². The molecular weight excluding hydrogens is 318 g/mol. The predicted molar refractivity (Wildman–Crippen MR) is 98.2 cm³/mol. The van der Waals surface area contributed by atoms with Gasteiger partial charge in [0, 0.05) is 37.0 Å². The Hall–Kier alpha value is -3.02. The third kappa shape index (κ3) is 2.80. The number of nitro benzene ring substituents is 1. The van der Waals surface area contributed by atoms with Crippen molar-refractivity contribution in [2.45, 2.75) is 12.8 Å². The molecule has 6 nitrogen and oxygen atoms in total. The van der Waals surface area contributed by atoms with E-state index in [1.54, 1.807) is 18.2 Å². The summed E-state index contributed by atoms with van der Waals surface area (Å²) < 4.78 is 0. The first kappa shape index (κ1) is 15.5. The molecule has 2 aliphatic heterocycles. The monoisotopic (exact) mass is 337 g/mol. The average Bonchev–Trinajstić information content (AvgIpc) is 3.10. The highest BCUT2D eigenvalue weighted by atomic mass is 16.6. The molecule has 128 valence electrons. The Morgan fingerprint density at radius 2 is 1.92 bits per heavy atom. The molecule has 2 N–H and O–H groups in total. The van der Waals surface area contributed by atoms with E-state index in [2.05, 4.69) is 16.3 Å². The predicted octanol–water partition coefficient (Wildman–Crippen LogP) is 3.56. The normalized spacial score (nSPS) is 16.2. The smallest absolute Gasteiger partial charge is 0.292 e. The van der Waals surface area contributed by atoms with Crippen LogP contribution in [0.15, 0.2) is 42.5 Å². The SMILES string of the molecule is O=[N+]([O-])c1ccc2c(c1N1CC=C(c3ccc(O)cc3)CC1)CCN2. The molecule has 2 aliphatic rings. The number of benzene rings is 2. The Kier molecular flexibility index (Phi) is 3.80. The van der Waals surface area contributed by atoms with Gasteiger partial charge in [-0.2, -0.15) is 0 Å². The molecule has 0 aromatic heterocycles. The van der Waals surface area contributed by atoms with Crippen molar-refractivity contribution in [1.29, 1.82) is 0 Å². The maximum atomic E-state index is 11.5. The fourth-order valence-electron chi connectivity index (χ4n) is 3.67. The first-order valence-electron chi connectivity index (χ1n) is 8.41. The fraction of sp³-hybridized carbons (Fsp3) is 0.263. The summed E-state index contributed by atoms with van der Waals surface area (Å²) in [6.45, 7) is 2.21. The number of hydrogen-bond donors (Lipinski definition) is 2. The van der Waals surface area contributed by atoms with E-state index in [1.165, 1.54) is 5.57 Å². The number of phenols is 1. The number of nitro groups is 1. The molecule has 0 atom stereocenters. The van der Waals surface area contributed by atoms with E-state index in [4.69, 9.17) is 0 Å². The van der Waals surface area contributed by atoms with Crippen LogP contribution in [-0.4, -0.2) is 29.7 Å². The van der Waals surface area contributed by atoms with Gasteiger partial charge in [0.25, 0.3) is 5.69 Å². The first-order chi connectivity index (χ1) is 12.1. The summed E-state index contributed by atoms with van der Waals surface area (Å²) in [7, 11) is 0. The molecule has 0 fully saturated rings. The minimum atomic E-state index is -0.285. The maximum Gasteiger partial charge on any atom is 0.292 e. The van der Waals surface area contributed by atoms with Gasteiger partial charge in [-0.05, 0) is 42.2 Å². The van der Waals surface area contributed by atoms with Gasteiger partial charge in [0.2, 0.25) is 0 Å². The van der Waals surface area contributed by atoms with Crippen LogP contribution < -0.4 is 10.2 Å². The molecule has 0 saturated heterocycles. The number of fused-ring (bicyclic) bond motifs is 1. The molecule has 0 spiro atoms. The maximum absolute atomic E-state index is 11.5. The Morgan fingerprint density at radius 1 is 1.12 bits per heavy atom. The molecule has 0 bridgehead atoms. The summed E-state index contributed by atoms with van der Waals surface area (Å²) in [6.07, 6.45) is 3.76. The molecule has 2 heterocycles. The number of anilines is 2. The van der Waals surface area contributed by atoms with Crippen molar-refractivity contribution in [3.05, 3.63) is 63.7 Å². The number of aromatic hydroxyl groups is 1. The van der Waals surface area contributed by atoms with Crippen LogP contribution in [0.5, 0.6) is 5.75 Å². The summed E-state index contributed by atoms with van der Waals surface area (Å²) >= 11 is 0. The van der Waals surface area contributed by atoms with E-state index < -0.39 is 0 Å². The number of nitrogens with zero attached hydrogens (tertiary/aromatic N) is 2. The standard InChI is InChI=1S/C19H19N3O3/c23-15-3-1-13(2-4-15)14-8-11-21(12-9-14)19-16-7-10-20-17(16)5-6-18(19)22(24)25/h1-6,8,20,23H,7,9-12H2. The molecule has 6 heteroatoms. The molecule has 25 heavy (non-hydrogen) atoms. The summed E-state index contributed by atoms with van der Waals surface area (Å²) in [5.74, 6) is 0.254. The van der Waals surface area contributed by atoms with Gasteiger partial charge in [-0.1, -0.05) is 18.2 Å². The van der Waals surface area contributed by atoms with Crippen LogP contribution >= 0.6 is 0 Å². The lowest BCUT2D eigenvalue weighted by atomic mass is 9.98. The van der Waals surface area contributed by atoms with E-state index in [9.17, 15) is 15.2 Å². The van der Waals surface area contributed by atoms with Gasteiger partial charge in [-0.25, -0.2) is 0 Å². The van der Waals surface area contributed by atoms with Crippen molar-refractivity contribution >= 4 is 22.6 Å². The van der Waals surface area contributed by atoms with E-state index >= 15 is 0 Å². The Morgan fingerprint density at radius 3 is 2.60 bits per heavy atom. The van der Waals surface area contributed by atoms with Crippen LogP contribution in [0.4, 0.5) is 17.1 Å². The van der Waals surface area contributed by atoms with E-state index in [-0.39, 0.29) is 16.4 Å². The molecule has 0 saturated carbocycles. The van der Waals surface area contributed by atoms with Crippen molar-refractivity contribution in [1.82, 2.24) is 0 Å². The van der Waals surface area contributed by atoms with Crippen LogP contribution in [0.25, 0.3) is 5.57 Å². The molecule has 2 aromatic carbocycles. The second-order valence-corrected chi connectivity index (χ2v) is 6.37. The summed E-state index contributed by atoms with van der Waals surface area (Å²) in [5.41, 5.74) is 5.30. The summed E-state index contributed by atoms with van der Waals surface area (Å²) in [5, 5.41) is 24.2. The molecule has 0 radical (unpaired) electrons. The third-order valence-electron chi connectivity index (χ3n) is 4.91. The lowest BCUT2D eigenvalue weighted by molar-refractivity contribution is -0.384. The highest BCUT2D eigenvalue weighted by Gasteiger charge is 2.28. The van der Waals surface area contributed by atoms with Crippen molar-refractivity contribution in [3.63, 3.8) is 0 Å². The van der Waals surface area contributed by atoms with Gasteiger partial charge in [0.1, 0.15) is 11.4 Å². The lowest BCUT2D eigenvalue weighted by Crippen LogP contribution is -2.29. The van der Waals surface area contributed by atoms with Crippen molar-refractivity contribution in [2.24, 2.45) is 0 Å². The highest BCUT2D eigenvalue weighted by molar-refractivity contribution is 5.79. The molecule has 0 aliphatic carbocycles. The molecule has 4 rings (SSSR count). The topological polar surface area (TPSA) is 78.6 Å². The van der Waals surface area contributed by atoms with Crippen molar-refractivity contribution in [2.75, 3.05) is 29.9 Å². The molecular formula is C19H19N3O3. The van der Waals surface area contributed by atoms with Gasteiger partial charge in [-0.15, -0.1) is 0 Å². The van der Waals surface area contributed by atoms with Gasteiger partial charge >= 0.3 is 0 Å². The lowest BCUT2D eigenvalue weighted by Gasteiger charge is -2.29. The van der Waals surface area contributed by atoms with Crippen LogP contribution in [0.3, 0.4) is 0 Å². The van der Waals surface area contributed by atoms with E-state index in [0.717, 1.165) is 48.4 Å². The minimum Gasteiger partial charge on any atom is -0.508 e. The van der Waals surface area contributed by atoms with Crippen molar-refractivity contribution in [3.8, 4) is 5.75 Å². The Bertz CT molecular complexity index is 859. The Balaban J connectivity index is 1.65. The Labute approximate surface area is 145 Å². The zero-order chi connectivity index (χ0) is 17.4. The summed E-state index contributed by atoms with van der Waals surface area (Å²) in [6, 6.07) is 10.6. The van der Waals surface area contributed by atoms with Gasteiger partial charge in [0.05, 0.1) is 4.92 Å². The largest absolute Gasteiger partial charge is 0.508 e. The molecule has 0 unspecified atom stereocenters. The van der Waals surface area contributed by atoms with Crippen LogP contribution in [0.1, 0.15) is 17.5 Å². The van der Waals surface area contributed by atoms with Crippen LogP contribution in [0, 0.1) is 10.1 Å². The van der Waals surface area contributed by atoms with Gasteiger partial charge < -0.3 is 15.3 Å². The zero-order valence-corrected chi connectivity index (χ0v) is 13.7. The number of nitrogens with one attached hydrogen (secondary N) is 1.